The fourth-order valence-electron chi connectivity index (χ4n) is 2.03. The largest absolute Gasteiger partial charge is 0.356 e. The molecular formula is C14H30N4S. The fourth-order valence-corrected chi connectivity index (χ4v) is 2.52. The third-order valence-electron chi connectivity index (χ3n) is 3.67. The van der Waals surface area contributed by atoms with Gasteiger partial charge in [0.15, 0.2) is 5.96 Å². The van der Waals surface area contributed by atoms with Crippen molar-refractivity contribution in [1.29, 1.82) is 0 Å². The Bertz CT molecular complexity index is 266. The van der Waals surface area contributed by atoms with Crippen molar-refractivity contribution in [1.82, 2.24) is 15.5 Å². The molecule has 0 spiro atoms. The van der Waals surface area contributed by atoms with Gasteiger partial charge >= 0.3 is 0 Å². The second-order valence-electron chi connectivity index (χ2n) is 5.33. The van der Waals surface area contributed by atoms with E-state index in [1.54, 1.807) is 0 Å². The molecule has 0 aromatic carbocycles. The Morgan fingerprint density at radius 2 is 2.11 bits per heavy atom. The molecule has 4 nitrogen and oxygen atoms in total. The van der Waals surface area contributed by atoms with Crippen LogP contribution in [0.5, 0.6) is 0 Å². The molecule has 0 aromatic rings. The SMILES string of the molecule is CN=C(NCCCCSC)NCC(C)N(C)C1CC1. The minimum absolute atomic E-state index is 0.558. The highest BCUT2D eigenvalue weighted by atomic mass is 32.2. The lowest BCUT2D eigenvalue weighted by molar-refractivity contribution is 0.247. The van der Waals surface area contributed by atoms with Crippen LogP contribution in [-0.2, 0) is 0 Å². The molecule has 0 radical (unpaired) electrons. The number of likely N-dealkylation sites (N-methyl/N-ethyl adjacent to an activating group) is 1. The first kappa shape index (κ1) is 16.6. The molecule has 2 N–H and O–H groups in total. The normalized spacial score (nSPS) is 17.6. The summed E-state index contributed by atoms with van der Waals surface area (Å²) in [5.74, 6) is 2.18. The van der Waals surface area contributed by atoms with Gasteiger partial charge in [0.1, 0.15) is 0 Å². The molecule has 1 rings (SSSR count). The van der Waals surface area contributed by atoms with Gasteiger partial charge < -0.3 is 10.6 Å². The monoisotopic (exact) mass is 286 g/mol. The zero-order valence-corrected chi connectivity index (χ0v) is 13.7. The molecule has 1 fully saturated rings. The van der Waals surface area contributed by atoms with Crippen molar-refractivity contribution >= 4 is 17.7 Å². The highest BCUT2D eigenvalue weighted by Gasteiger charge is 2.28. The van der Waals surface area contributed by atoms with Crippen LogP contribution in [0.25, 0.3) is 0 Å². The Balaban J connectivity index is 2.10. The molecule has 0 amide bonds. The Hall–Kier alpha value is -0.420. The Morgan fingerprint density at radius 3 is 2.68 bits per heavy atom. The summed E-state index contributed by atoms with van der Waals surface area (Å²) < 4.78 is 0. The number of unbranched alkanes of at least 4 members (excludes halogenated alkanes) is 1. The van der Waals surface area contributed by atoms with Crippen LogP contribution in [0, 0.1) is 0 Å². The Kier molecular flexibility index (Phi) is 8.30. The van der Waals surface area contributed by atoms with E-state index in [1.165, 1.54) is 31.4 Å². The molecule has 1 atom stereocenters. The summed E-state index contributed by atoms with van der Waals surface area (Å²) in [6, 6.07) is 1.38. The van der Waals surface area contributed by atoms with E-state index >= 15 is 0 Å². The second kappa shape index (κ2) is 9.48. The number of thioether (sulfide) groups is 1. The molecule has 0 aliphatic heterocycles. The van der Waals surface area contributed by atoms with Gasteiger partial charge in [-0.2, -0.15) is 11.8 Å². The zero-order chi connectivity index (χ0) is 14.1. The molecule has 0 bridgehead atoms. The van der Waals surface area contributed by atoms with Gasteiger partial charge in [-0.15, -0.1) is 0 Å². The summed E-state index contributed by atoms with van der Waals surface area (Å²) >= 11 is 1.91. The van der Waals surface area contributed by atoms with Gasteiger partial charge in [-0.1, -0.05) is 0 Å². The summed E-state index contributed by atoms with van der Waals surface area (Å²) in [6.07, 6.45) is 7.36. The summed E-state index contributed by atoms with van der Waals surface area (Å²) in [6.45, 7) is 4.24. The van der Waals surface area contributed by atoms with Crippen molar-refractivity contribution in [3.63, 3.8) is 0 Å². The lowest BCUT2D eigenvalue weighted by Gasteiger charge is -2.25. The van der Waals surface area contributed by atoms with Gasteiger partial charge in [-0.3, -0.25) is 9.89 Å². The maximum Gasteiger partial charge on any atom is 0.191 e. The molecule has 1 saturated carbocycles. The standard InChI is InChI=1S/C14H30N4S/c1-12(18(3)13-7-8-13)11-17-14(15-2)16-9-5-6-10-19-4/h12-13H,5-11H2,1-4H3,(H2,15,16,17). The first-order chi connectivity index (χ1) is 9.19. The molecule has 1 unspecified atom stereocenters. The fraction of sp³-hybridized carbons (Fsp3) is 0.929. The van der Waals surface area contributed by atoms with Gasteiger partial charge in [0.2, 0.25) is 0 Å². The highest BCUT2D eigenvalue weighted by Crippen LogP contribution is 2.26. The maximum absolute atomic E-state index is 4.27. The Morgan fingerprint density at radius 1 is 1.37 bits per heavy atom. The molecule has 0 aromatic heterocycles. The number of guanidine groups is 1. The topological polar surface area (TPSA) is 39.7 Å². The van der Waals surface area contributed by atoms with Crippen molar-refractivity contribution in [2.75, 3.05) is 39.2 Å². The third-order valence-corrected chi connectivity index (χ3v) is 4.37. The van der Waals surface area contributed by atoms with E-state index in [1.807, 2.05) is 18.8 Å². The highest BCUT2D eigenvalue weighted by molar-refractivity contribution is 7.98. The van der Waals surface area contributed by atoms with Crippen LogP contribution in [-0.4, -0.2) is 62.1 Å². The number of hydrogen-bond donors (Lipinski definition) is 2. The number of aliphatic imine (C=N–C) groups is 1. The second-order valence-corrected chi connectivity index (χ2v) is 6.31. The van der Waals surface area contributed by atoms with Crippen LogP contribution in [0.1, 0.15) is 32.6 Å². The Labute approximate surface area is 122 Å². The lowest BCUT2D eigenvalue weighted by Crippen LogP contribution is -2.45. The zero-order valence-electron chi connectivity index (χ0n) is 12.9. The van der Waals surface area contributed by atoms with Crippen molar-refractivity contribution in [3.8, 4) is 0 Å². The lowest BCUT2D eigenvalue weighted by atomic mass is 10.3. The van der Waals surface area contributed by atoms with Gasteiger partial charge in [-0.05, 0) is 51.7 Å². The van der Waals surface area contributed by atoms with E-state index in [0.29, 0.717) is 6.04 Å². The smallest absolute Gasteiger partial charge is 0.191 e. The van der Waals surface area contributed by atoms with Gasteiger partial charge in [0.25, 0.3) is 0 Å². The van der Waals surface area contributed by atoms with Crippen LogP contribution in [0.15, 0.2) is 4.99 Å². The van der Waals surface area contributed by atoms with Crippen molar-refractivity contribution in [2.45, 2.75) is 44.7 Å². The number of nitrogens with zero attached hydrogens (tertiary/aromatic N) is 2. The number of hydrogen-bond acceptors (Lipinski definition) is 3. The van der Waals surface area contributed by atoms with Crippen LogP contribution >= 0.6 is 11.8 Å². The van der Waals surface area contributed by atoms with E-state index < -0.39 is 0 Å². The van der Waals surface area contributed by atoms with E-state index in [9.17, 15) is 0 Å². The first-order valence-corrected chi connectivity index (χ1v) is 8.73. The average Bonchev–Trinajstić information content (AvgIpc) is 3.25. The number of nitrogens with one attached hydrogen (secondary N) is 2. The van der Waals surface area contributed by atoms with Crippen LogP contribution < -0.4 is 10.6 Å². The van der Waals surface area contributed by atoms with Crippen LogP contribution in [0.2, 0.25) is 0 Å². The van der Waals surface area contributed by atoms with Gasteiger partial charge in [-0.25, -0.2) is 0 Å². The molecule has 1 aliphatic carbocycles. The van der Waals surface area contributed by atoms with Gasteiger partial charge in [0, 0.05) is 32.2 Å². The quantitative estimate of drug-likeness (QED) is 0.385. The molecule has 1 aliphatic rings. The minimum atomic E-state index is 0.558. The summed E-state index contributed by atoms with van der Waals surface area (Å²) in [5, 5.41) is 6.79. The van der Waals surface area contributed by atoms with E-state index in [0.717, 1.165) is 25.1 Å². The van der Waals surface area contributed by atoms with Crippen molar-refractivity contribution in [3.05, 3.63) is 0 Å². The van der Waals surface area contributed by atoms with E-state index in [4.69, 9.17) is 0 Å². The average molecular weight is 286 g/mol. The minimum Gasteiger partial charge on any atom is -0.356 e. The van der Waals surface area contributed by atoms with Crippen LogP contribution in [0.4, 0.5) is 0 Å². The molecule has 0 saturated heterocycles. The number of rotatable bonds is 9. The van der Waals surface area contributed by atoms with Gasteiger partial charge in [0.05, 0.1) is 0 Å². The molecule has 19 heavy (non-hydrogen) atoms. The third kappa shape index (κ3) is 7.06. The van der Waals surface area contributed by atoms with E-state index in [2.05, 4.69) is 40.8 Å². The summed E-state index contributed by atoms with van der Waals surface area (Å²) in [4.78, 5) is 6.74. The van der Waals surface area contributed by atoms with Crippen molar-refractivity contribution in [2.24, 2.45) is 4.99 Å². The predicted octanol–water partition coefficient (Wildman–Crippen LogP) is 1.78. The summed E-state index contributed by atoms with van der Waals surface area (Å²) in [7, 11) is 4.06. The predicted molar refractivity (Wildman–Crippen MR) is 87.2 cm³/mol. The first-order valence-electron chi connectivity index (χ1n) is 7.34. The maximum atomic E-state index is 4.27. The molecule has 5 heteroatoms. The van der Waals surface area contributed by atoms with Crippen LogP contribution in [0.3, 0.4) is 0 Å². The molecule has 112 valence electrons. The molecular weight excluding hydrogens is 256 g/mol. The summed E-state index contributed by atoms with van der Waals surface area (Å²) in [5.41, 5.74) is 0. The molecule has 0 heterocycles. The van der Waals surface area contributed by atoms with E-state index in [-0.39, 0.29) is 0 Å². The van der Waals surface area contributed by atoms with Crippen molar-refractivity contribution < 1.29 is 0 Å².